The number of nitrogens with one attached hydrogen (secondary N) is 1. The van der Waals surface area contributed by atoms with Crippen molar-refractivity contribution in [2.75, 3.05) is 0 Å². The Morgan fingerprint density at radius 2 is 1.55 bits per heavy atom. The van der Waals surface area contributed by atoms with Crippen LogP contribution in [0.1, 0.15) is 11.5 Å². The summed E-state index contributed by atoms with van der Waals surface area (Å²) in [6, 6.07) is 28.2. The van der Waals surface area contributed by atoms with Gasteiger partial charge in [0.15, 0.2) is 0 Å². The molecule has 6 nitrogen and oxygen atoms in total. The third-order valence-corrected chi connectivity index (χ3v) is 5.48. The molecular formula is C27H19N5O. The molecule has 0 fully saturated rings. The summed E-state index contributed by atoms with van der Waals surface area (Å²) >= 11 is 0. The number of rotatable bonds is 5. The third-order valence-electron chi connectivity index (χ3n) is 5.48. The molecule has 0 unspecified atom stereocenters. The molecule has 6 heteroatoms. The van der Waals surface area contributed by atoms with Crippen LogP contribution in [0, 0.1) is 0 Å². The van der Waals surface area contributed by atoms with Gasteiger partial charge in [-0.2, -0.15) is 5.10 Å². The lowest BCUT2D eigenvalue weighted by atomic mass is 10.1. The van der Waals surface area contributed by atoms with Crippen molar-refractivity contribution >= 4 is 23.1 Å². The van der Waals surface area contributed by atoms with Gasteiger partial charge in [-0.3, -0.25) is 0 Å². The van der Waals surface area contributed by atoms with Crippen molar-refractivity contribution in [3.8, 4) is 28.4 Å². The molecule has 1 N–H and O–H groups in total. The van der Waals surface area contributed by atoms with Crippen LogP contribution < -0.4 is 0 Å². The zero-order valence-electron chi connectivity index (χ0n) is 17.6. The summed E-state index contributed by atoms with van der Waals surface area (Å²) in [6.07, 6.45) is 7.68. The van der Waals surface area contributed by atoms with E-state index < -0.39 is 0 Å². The average Bonchev–Trinajstić information content (AvgIpc) is 3.62. The molecule has 158 valence electrons. The second-order valence-electron chi connectivity index (χ2n) is 7.61. The minimum absolute atomic E-state index is 0.432. The van der Waals surface area contributed by atoms with Crippen LogP contribution in [0.2, 0.25) is 0 Å². The highest BCUT2D eigenvalue weighted by molar-refractivity contribution is 5.93. The second-order valence-corrected chi connectivity index (χ2v) is 7.61. The Kier molecular flexibility index (Phi) is 4.66. The van der Waals surface area contributed by atoms with Crippen LogP contribution in [0.3, 0.4) is 0 Å². The number of aromatic nitrogens is 5. The van der Waals surface area contributed by atoms with Gasteiger partial charge >= 0.3 is 0 Å². The standard InChI is InChI=1S/C27H19N5O/c1-3-9-19(10-4-1)26-20(18-32(31-26)21-11-5-2-6-12-21)15-16-25-29-30-27(33-25)23-17-28-24-14-8-7-13-22(23)24/h1-18,28H/b16-15+. The van der Waals surface area contributed by atoms with E-state index in [2.05, 4.69) is 27.3 Å². The van der Waals surface area contributed by atoms with Gasteiger partial charge in [-0.1, -0.05) is 66.7 Å². The summed E-state index contributed by atoms with van der Waals surface area (Å²) in [4.78, 5) is 3.24. The maximum absolute atomic E-state index is 5.94. The maximum atomic E-state index is 5.94. The topological polar surface area (TPSA) is 72.5 Å². The van der Waals surface area contributed by atoms with Crippen LogP contribution in [0.15, 0.2) is 102 Å². The van der Waals surface area contributed by atoms with Crippen molar-refractivity contribution < 1.29 is 4.42 Å². The van der Waals surface area contributed by atoms with E-state index in [0.29, 0.717) is 11.8 Å². The molecule has 0 saturated carbocycles. The van der Waals surface area contributed by atoms with Crippen LogP contribution in [-0.4, -0.2) is 25.0 Å². The highest BCUT2D eigenvalue weighted by atomic mass is 16.4. The third kappa shape index (κ3) is 3.64. The van der Waals surface area contributed by atoms with Crippen LogP contribution in [0.4, 0.5) is 0 Å². The molecule has 0 amide bonds. The molecule has 6 aromatic rings. The minimum Gasteiger partial charge on any atom is -0.417 e. The summed E-state index contributed by atoms with van der Waals surface area (Å²) in [6.45, 7) is 0. The van der Waals surface area contributed by atoms with Gasteiger partial charge in [0.05, 0.1) is 16.9 Å². The van der Waals surface area contributed by atoms with Gasteiger partial charge in [-0.15, -0.1) is 10.2 Å². The quantitative estimate of drug-likeness (QED) is 0.352. The number of H-pyrrole nitrogens is 1. The van der Waals surface area contributed by atoms with Crippen LogP contribution in [-0.2, 0) is 0 Å². The molecule has 3 aromatic carbocycles. The Hall–Kier alpha value is -4.71. The SMILES string of the molecule is C(=C\c1cn(-c2ccccc2)nc1-c1ccccc1)/c1nnc(-c2c[nH]c3ccccc23)o1. The lowest BCUT2D eigenvalue weighted by molar-refractivity contribution is 0.558. The Balaban J connectivity index is 1.36. The fourth-order valence-corrected chi connectivity index (χ4v) is 3.86. The van der Waals surface area contributed by atoms with E-state index in [1.807, 2.05) is 102 Å². The van der Waals surface area contributed by atoms with Gasteiger partial charge in [-0.05, 0) is 24.3 Å². The van der Waals surface area contributed by atoms with Gasteiger partial charge < -0.3 is 9.40 Å². The Labute approximate surface area is 189 Å². The molecule has 6 rings (SSSR count). The summed E-state index contributed by atoms with van der Waals surface area (Å²) < 4.78 is 7.82. The first kappa shape index (κ1) is 19.0. The molecule has 0 saturated heterocycles. The first-order chi connectivity index (χ1) is 16.3. The van der Waals surface area contributed by atoms with E-state index in [9.17, 15) is 0 Å². The predicted octanol–water partition coefficient (Wildman–Crippen LogP) is 6.24. The van der Waals surface area contributed by atoms with E-state index in [4.69, 9.17) is 9.52 Å². The molecule has 0 spiro atoms. The van der Waals surface area contributed by atoms with Crippen LogP contribution in [0.5, 0.6) is 0 Å². The van der Waals surface area contributed by atoms with Crippen molar-refractivity contribution in [1.29, 1.82) is 0 Å². The normalized spacial score (nSPS) is 11.5. The first-order valence-electron chi connectivity index (χ1n) is 10.6. The maximum Gasteiger partial charge on any atom is 0.250 e. The van der Waals surface area contributed by atoms with E-state index >= 15 is 0 Å². The fourth-order valence-electron chi connectivity index (χ4n) is 3.86. The number of hydrogen-bond acceptors (Lipinski definition) is 4. The highest BCUT2D eigenvalue weighted by Crippen LogP contribution is 2.29. The zero-order chi connectivity index (χ0) is 22.0. The van der Waals surface area contributed by atoms with Crippen molar-refractivity contribution in [3.05, 3.63) is 109 Å². The Morgan fingerprint density at radius 1 is 0.788 bits per heavy atom. The molecule has 3 aromatic heterocycles. The number of fused-ring (bicyclic) bond motifs is 1. The molecule has 3 heterocycles. The van der Waals surface area contributed by atoms with Gasteiger partial charge in [0.2, 0.25) is 11.8 Å². The van der Waals surface area contributed by atoms with E-state index in [0.717, 1.165) is 39.0 Å². The molecule has 0 bridgehead atoms. The Morgan fingerprint density at radius 3 is 2.39 bits per heavy atom. The van der Waals surface area contributed by atoms with E-state index in [1.54, 1.807) is 0 Å². The zero-order valence-corrected chi connectivity index (χ0v) is 17.6. The molecule has 0 aliphatic carbocycles. The first-order valence-corrected chi connectivity index (χ1v) is 10.6. The average molecular weight is 429 g/mol. The lowest BCUT2D eigenvalue weighted by Crippen LogP contribution is -1.93. The summed E-state index contributed by atoms with van der Waals surface area (Å²) in [5, 5.41) is 14.3. The molecule has 0 aliphatic heterocycles. The number of nitrogens with zero attached hydrogens (tertiary/aromatic N) is 4. The highest BCUT2D eigenvalue weighted by Gasteiger charge is 2.13. The van der Waals surface area contributed by atoms with Crippen molar-refractivity contribution in [3.63, 3.8) is 0 Å². The van der Waals surface area contributed by atoms with Gasteiger partial charge in [0.1, 0.15) is 0 Å². The van der Waals surface area contributed by atoms with Crippen LogP contribution in [0.25, 0.3) is 51.5 Å². The van der Waals surface area contributed by atoms with Gasteiger partial charge in [0.25, 0.3) is 0 Å². The molecule has 0 atom stereocenters. The van der Waals surface area contributed by atoms with Crippen LogP contribution >= 0.6 is 0 Å². The van der Waals surface area contributed by atoms with Crippen molar-refractivity contribution in [1.82, 2.24) is 25.0 Å². The van der Waals surface area contributed by atoms with Crippen molar-refractivity contribution in [2.24, 2.45) is 0 Å². The minimum atomic E-state index is 0.432. The number of aromatic amines is 1. The van der Waals surface area contributed by atoms with Crippen molar-refractivity contribution in [2.45, 2.75) is 0 Å². The summed E-state index contributed by atoms with van der Waals surface area (Å²) in [5.41, 5.74) is 5.79. The largest absolute Gasteiger partial charge is 0.417 e. The van der Waals surface area contributed by atoms with Gasteiger partial charge in [-0.25, -0.2) is 4.68 Å². The Bertz CT molecular complexity index is 1560. The second kappa shape index (κ2) is 8.09. The smallest absolute Gasteiger partial charge is 0.250 e. The number of hydrogen-bond donors (Lipinski definition) is 1. The molecule has 0 aliphatic rings. The lowest BCUT2D eigenvalue weighted by Gasteiger charge is -2.00. The summed E-state index contributed by atoms with van der Waals surface area (Å²) in [7, 11) is 0. The molecule has 33 heavy (non-hydrogen) atoms. The van der Waals surface area contributed by atoms with E-state index in [1.165, 1.54) is 0 Å². The molecular weight excluding hydrogens is 410 g/mol. The molecule has 0 radical (unpaired) electrons. The van der Waals surface area contributed by atoms with Gasteiger partial charge in [0, 0.05) is 40.5 Å². The fraction of sp³-hybridized carbons (Fsp3) is 0. The number of para-hydroxylation sites is 2. The van der Waals surface area contributed by atoms with E-state index in [-0.39, 0.29) is 0 Å². The summed E-state index contributed by atoms with van der Waals surface area (Å²) in [5.74, 6) is 0.914. The monoisotopic (exact) mass is 429 g/mol. The predicted molar refractivity (Wildman–Crippen MR) is 130 cm³/mol. The number of benzene rings is 3.